The van der Waals surface area contributed by atoms with Gasteiger partial charge in [0.15, 0.2) is 5.75 Å². The highest BCUT2D eigenvalue weighted by Crippen LogP contribution is 2.28. The molecule has 0 aliphatic carbocycles. The molecule has 0 aliphatic heterocycles. The van der Waals surface area contributed by atoms with Gasteiger partial charge in [-0.3, -0.25) is 4.79 Å². The van der Waals surface area contributed by atoms with Gasteiger partial charge in [-0.1, -0.05) is 42.5 Å². The Kier molecular flexibility index (Phi) is 3.51. The molecule has 0 N–H and O–H groups in total. The fourth-order valence-corrected chi connectivity index (χ4v) is 2.34. The van der Waals surface area contributed by atoms with Gasteiger partial charge in [0.1, 0.15) is 0 Å². The predicted molar refractivity (Wildman–Crippen MR) is 79.2 cm³/mol. The summed E-state index contributed by atoms with van der Waals surface area (Å²) in [6.07, 6.45) is 1.92. The van der Waals surface area contributed by atoms with Crippen LogP contribution in [-0.2, 0) is 16.1 Å². The third-order valence-corrected chi connectivity index (χ3v) is 3.25. The van der Waals surface area contributed by atoms with E-state index in [-0.39, 0.29) is 6.29 Å². The Bertz CT molecular complexity index is 790. The van der Waals surface area contributed by atoms with Crippen molar-refractivity contribution in [1.82, 2.24) is 4.57 Å². The zero-order chi connectivity index (χ0) is 14.7. The molecule has 2 aromatic carbocycles. The van der Waals surface area contributed by atoms with E-state index in [0.29, 0.717) is 12.3 Å². The molecule has 104 valence electrons. The highest BCUT2D eigenvalue weighted by molar-refractivity contribution is 6.21. The van der Waals surface area contributed by atoms with Gasteiger partial charge in [0.05, 0.1) is 5.52 Å². The molecular formula is C17H13NO3. The third-order valence-electron chi connectivity index (χ3n) is 3.25. The number of carbonyl (C=O) groups is 2. The van der Waals surface area contributed by atoms with Crippen molar-refractivity contribution in [3.8, 4) is 5.75 Å². The molecule has 0 bridgehead atoms. The molecule has 0 amide bonds. The fourth-order valence-electron chi connectivity index (χ4n) is 2.34. The van der Waals surface area contributed by atoms with Crippen LogP contribution in [0.25, 0.3) is 10.9 Å². The number of benzene rings is 2. The Hall–Kier alpha value is -2.88. The van der Waals surface area contributed by atoms with E-state index >= 15 is 0 Å². The molecule has 0 saturated heterocycles. The topological polar surface area (TPSA) is 48.3 Å². The highest BCUT2D eigenvalue weighted by Gasteiger charge is 2.12. The predicted octanol–water partition coefficient (Wildman–Crippen LogP) is 2.79. The number of ether oxygens (including phenoxy) is 1. The van der Waals surface area contributed by atoms with E-state index in [4.69, 9.17) is 4.74 Å². The lowest BCUT2D eigenvalue weighted by Gasteiger charge is -2.04. The van der Waals surface area contributed by atoms with E-state index in [1.807, 2.05) is 59.2 Å². The summed E-state index contributed by atoms with van der Waals surface area (Å²) in [5.41, 5.74) is 2.10. The first-order valence-electron chi connectivity index (χ1n) is 6.57. The molecule has 0 aliphatic rings. The molecule has 0 fully saturated rings. The lowest BCUT2D eigenvalue weighted by molar-refractivity contribution is -0.141. The van der Waals surface area contributed by atoms with Crippen molar-refractivity contribution in [2.24, 2.45) is 0 Å². The number of para-hydroxylation sites is 1. The Morgan fingerprint density at radius 1 is 1.05 bits per heavy atom. The highest BCUT2D eigenvalue weighted by atomic mass is 16.5. The van der Waals surface area contributed by atoms with Gasteiger partial charge in [-0.05, 0) is 17.7 Å². The number of aldehydes is 1. The second-order valence-electron chi connectivity index (χ2n) is 4.66. The molecule has 4 heteroatoms. The summed E-state index contributed by atoms with van der Waals surface area (Å²) < 4.78 is 7.07. The summed E-state index contributed by atoms with van der Waals surface area (Å²) in [5, 5.41) is 0.809. The van der Waals surface area contributed by atoms with Crippen molar-refractivity contribution in [2.75, 3.05) is 0 Å². The monoisotopic (exact) mass is 279 g/mol. The van der Waals surface area contributed by atoms with Gasteiger partial charge >= 0.3 is 5.97 Å². The lowest BCUT2D eigenvalue weighted by atomic mass is 10.2. The smallest absolute Gasteiger partial charge is 0.376 e. The van der Waals surface area contributed by atoms with Gasteiger partial charge in [-0.2, -0.15) is 0 Å². The molecule has 0 atom stereocenters. The van der Waals surface area contributed by atoms with E-state index in [1.165, 1.54) is 0 Å². The second kappa shape index (κ2) is 5.63. The van der Waals surface area contributed by atoms with Crippen LogP contribution in [0.3, 0.4) is 0 Å². The minimum absolute atomic E-state index is 0.170. The quantitative estimate of drug-likeness (QED) is 0.419. The van der Waals surface area contributed by atoms with Crippen molar-refractivity contribution in [3.63, 3.8) is 0 Å². The summed E-state index contributed by atoms with van der Waals surface area (Å²) in [4.78, 5) is 21.7. The molecule has 3 rings (SSSR count). The summed E-state index contributed by atoms with van der Waals surface area (Å²) in [7, 11) is 0. The van der Waals surface area contributed by atoms with Crippen molar-refractivity contribution >= 4 is 23.2 Å². The van der Waals surface area contributed by atoms with Gasteiger partial charge in [0, 0.05) is 18.1 Å². The molecule has 0 radical (unpaired) electrons. The largest absolute Gasteiger partial charge is 0.419 e. The van der Waals surface area contributed by atoms with E-state index in [9.17, 15) is 9.59 Å². The number of hydrogen-bond acceptors (Lipinski definition) is 3. The molecule has 3 aromatic rings. The number of hydrogen-bond donors (Lipinski definition) is 0. The number of nitrogens with zero attached hydrogens (tertiary/aromatic N) is 1. The molecule has 4 nitrogen and oxygen atoms in total. The van der Waals surface area contributed by atoms with Crippen molar-refractivity contribution in [1.29, 1.82) is 0 Å². The SMILES string of the molecule is O=CC(=O)Oc1cn(Cc2ccccc2)c2ccccc12. The van der Waals surface area contributed by atoms with Gasteiger partial charge in [0.2, 0.25) is 6.29 Å². The number of carbonyl (C=O) groups excluding carboxylic acids is 2. The number of rotatable bonds is 4. The van der Waals surface area contributed by atoms with Crippen LogP contribution in [0.4, 0.5) is 0 Å². The van der Waals surface area contributed by atoms with E-state index < -0.39 is 5.97 Å². The maximum atomic E-state index is 11.2. The summed E-state index contributed by atoms with van der Waals surface area (Å²) in [6, 6.07) is 17.6. The number of fused-ring (bicyclic) bond motifs is 1. The minimum Gasteiger partial charge on any atom is -0.419 e. The third kappa shape index (κ3) is 2.69. The van der Waals surface area contributed by atoms with Crippen LogP contribution in [0.1, 0.15) is 5.56 Å². The van der Waals surface area contributed by atoms with E-state index in [2.05, 4.69) is 0 Å². The molecule has 0 saturated carbocycles. The molecule has 0 spiro atoms. The molecular weight excluding hydrogens is 266 g/mol. The zero-order valence-electron chi connectivity index (χ0n) is 11.2. The Morgan fingerprint density at radius 3 is 2.52 bits per heavy atom. The first-order valence-corrected chi connectivity index (χ1v) is 6.57. The normalized spacial score (nSPS) is 10.5. The average molecular weight is 279 g/mol. The van der Waals surface area contributed by atoms with Crippen LogP contribution < -0.4 is 4.74 Å². The Morgan fingerprint density at radius 2 is 1.76 bits per heavy atom. The molecule has 1 aromatic heterocycles. The Labute approximate surface area is 121 Å². The van der Waals surface area contributed by atoms with Crippen LogP contribution in [0.2, 0.25) is 0 Å². The summed E-state index contributed by atoms with van der Waals surface area (Å²) in [6.45, 7) is 0.667. The van der Waals surface area contributed by atoms with E-state index in [1.54, 1.807) is 6.20 Å². The summed E-state index contributed by atoms with van der Waals surface area (Å²) >= 11 is 0. The van der Waals surface area contributed by atoms with E-state index in [0.717, 1.165) is 16.5 Å². The average Bonchev–Trinajstić information content (AvgIpc) is 2.86. The minimum atomic E-state index is -0.891. The molecule has 1 heterocycles. The molecule has 21 heavy (non-hydrogen) atoms. The first-order chi connectivity index (χ1) is 10.3. The van der Waals surface area contributed by atoms with Crippen LogP contribution in [-0.4, -0.2) is 16.8 Å². The van der Waals surface area contributed by atoms with Crippen molar-refractivity contribution < 1.29 is 14.3 Å². The van der Waals surface area contributed by atoms with Crippen LogP contribution >= 0.6 is 0 Å². The van der Waals surface area contributed by atoms with Crippen LogP contribution in [0, 0.1) is 0 Å². The lowest BCUT2D eigenvalue weighted by Crippen LogP contribution is -2.08. The maximum absolute atomic E-state index is 11.2. The standard InChI is InChI=1S/C17H13NO3/c19-12-17(20)21-16-11-18(10-13-6-2-1-3-7-13)15-9-5-4-8-14(15)16/h1-9,11-12H,10H2. The Balaban J connectivity index is 2.02. The number of aromatic nitrogens is 1. The van der Waals surface area contributed by atoms with Gasteiger partial charge in [-0.15, -0.1) is 0 Å². The zero-order valence-corrected chi connectivity index (χ0v) is 11.2. The summed E-state index contributed by atoms with van der Waals surface area (Å²) in [5.74, 6) is -0.490. The van der Waals surface area contributed by atoms with Crippen molar-refractivity contribution in [2.45, 2.75) is 6.54 Å². The van der Waals surface area contributed by atoms with Crippen LogP contribution in [0.15, 0.2) is 60.8 Å². The maximum Gasteiger partial charge on any atom is 0.376 e. The fraction of sp³-hybridized carbons (Fsp3) is 0.0588. The van der Waals surface area contributed by atoms with Crippen LogP contribution in [0.5, 0.6) is 5.75 Å². The first kappa shape index (κ1) is 13.1. The number of esters is 1. The van der Waals surface area contributed by atoms with Gasteiger partial charge < -0.3 is 9.30 Å². The molecule has 0 unspecified atom stereocenters. The second-order valence-corrected chi connectivity index (χ2v) is 4.66. The van der Waals surface area contributed by atoms with Crippen molar-refractivity contribution in [3.05, 3.63) is 66.4 Å². The van der Waals surface area contributed by atoms with Gasteiger partial charge in [-0.25, -0.2) is 4.79 Å². The van der Waals surface area contributed by atoms with Gasteiger partial charge in [0.25, 0.3) is 0 Å².